The molecular weight excluding hydrogens is 256 g/mol. The average Bonchev–Trinajstić information content (AvgIpc) is 3.07. The van der Waals surface area contributed by atoms with Crippen LogP contribution < -0.4 is 0 Å². The van der Waals surface area contributed by atoms with Gasteiger partial charge >= 0.3 is 11.9 Å². The average molecular weight is 282 g/mol. The number of allylic oxidation sites excluding steroid dienone is 2. The van der Waals surface area contributed by atoms with E-state index < -0.39 is 5.60 Å². The lowest BCUT2D eigenvalue weighted by Gasteiger charge is -2.29. The number of carbonyl (C=O) groups is 2. The Morgan fingerprint density at radius 1 is 1.30 bits per heavy atom. The maximum absolute atomic E-state index is 11.8. The Bertz CT molecular complexity index is 395. The number of ether oxygens (including phenoxy) is 2. The van der Waals surface area contributed by atoms with Gasteiger partial charge in [0.15, 0.2) is 0 Å². The smallest absolute Gasteiger partial charge is 0.309 e. The molecule has 0 radical (unpaired) electrons. The van der Waals surface area contributed by atoms with Crippen LogP contribution in [0.15, 0.2) is 11.6 Å². The van der Waals surface area contributed by atoms with Gasteiger partial charge in [0.05, 0.1) is 12.5 Å². The van der Waals surface area contributed by atoms with Gasteiger partial charge < -0.3 is 9.47 Å². The third-order valence-corrected chi connectivity index (χ3v) is 3.73. The molecule has 0 aromatic rings. The Hall–Kier alpha value is -1.32. The summed E-state index contributed by atoms with van der Waals surface area (Å²) in [7, 11) is 0. The van der Waals surface area contributed by atoms with Gasteiger partial charge in [0, 0.05) is 12.8 Å². The van der Waals surface area contributed by atoms with Crippen LogP contribution in [-0.2, 0) is 19.1 Å². The summed E-state index contributed by atoms with van der Waals surface area (Å²) in [6, 6.07) is 0. The highest BCUT2D eigenvalue weighted by atomic mass is 16.6. The monoisotopic (exact) mass is 282 g/mol. The first kappa shape index (κ1) is 16.7. The lowest BCUT2D eigenvalue weighted by molar-refractivity contribution is -0.161. The van der Waals surface area contributed by atoms with Crippen LogP contribution in [0, 0.1) is 11.8 Å². The molecule has 3 atom stereocenters. The fourth-order valence-electron chi connectivity index (χ4n) is 2.67. The Morgan fingerprint density at radius 3 is 2.45 bits per heavy atom. The summed E-state index contributed by atoms with van der Waals surface area (Å²) in [6.07, 6.45) is 4.46. The first-order chi connectivity index (χ1) is 9.30. The summed E-state index contributed by atoms with van der Waals surface area (Å²) in [5.74, 6) is -0.501. The summed E-state index contributed by atoms with van der Waals surface area (Å²) < 4.78 is 10.6. The van der Waals surface area contributed by atoms with E-state index in [0.717, 1.165) is 19.3 Å². The predicted octanol–water partition coefficient (Wildman–Crippen LogP) is 3.25. The normalized spacial score (nSPS) is 23.4. The van der Waals surface area contributed by atoms with E-state index in [1.165, 1.54) is 12.5 Å². The van der Waals surface area contributed by atoms with Crippen LogP contribution in [0.3, 0.4) is 0 Å². The second-order valence-electron chi connectivity index (χ2n) is 5.93. The van der Waals surface area contributed by atoms with Crippen molar-refractivity contribution in [2.24, 2.45) is 11.8 Å². The fourth-order valence-corrected chi connectivity index (χ4v) is 2.67. The zero-order valence-corrected chi connectivity index (χ0v) is 13.2. The number of rotatable bonds is 7. The van der Waals surface area contributed by atoms with Crippen LogP contribution in [0.2, 0.25) is 0 Å². The minimum absolute atomic E-state index is 0.0796. The van der Waals surface area contributed by atoms with Gasteiger partial charge in [-0.25, -0.2) is 0 Å². The molecule has 20 heavy (non-hydrogen) atoms. The fraction of sp³-hybridized carbons (Fsp3) is 0.750. The molecule has 0 aromatic heterocycles. The zero-order valence-electron chi connectivity index (χ0n) is 13.2. The molecule has 0 aliphatic heterocycles. The summed E-state index contributed by atoms with van der Waals surface area (Å²) >= 11 is 0. The van der Waals surface area contributed by atoms with Crippen molar-refractivity contribution >= 4 is 11.9 Å². The maximum Gasteiger partial charge on any atom is 0.309 e. The predicted molar refractivity (Wildman–Crippen MR) is 77.1 cm³/mol. The minimum atomic E-state index is -0.574. The molecule has 1 aliphatic carbocycles. The molecule has 0 saturated heterocycles. The van der Waals surface area contributed by atoms with Crippen molar-refractivity contribution < 1.29 is 19.1 Å². The van der Waals surface area contributed by atoms with Crippen LogP contribution in [0.1, 0.15) is 53.9 Å². The third-order valence-electron chi connectivity index (χ3n) is 3.73. The van der Waals surface area contributed by atoms with Crippen LogP contribution in [-0.4, -0.2) is 24.1 Å². The molecule has 0 heterocycles. The van der Waals surface area contributed by atoms with E-state index >= 15 is 0 Å². The standard InChI is InChI=1S/C16H26O4/c1-6-19-15(18)13-10-14(13)16(5,20-12(4)17)9-7-8-11(2)3/h8,13-14H,6-7,9-10H2,1-5H3. The molecule has 4 nitrogen and oxygen atoms in total. The van der Waals surface area contributed by atoms with E-state index in [2.05, 4.69) is 6.08 Å². The SMILES string of the molecule is CCOC(=O)C1CC1C(C)(CCC=C(C)C)OC(C)=O. The highest BCUT2D eigenvalue weighted by molar-refractivity contribution is 5.76. The van der Waals surface area contributed by atoms with E-state index in [-0.39, 0.29) is 23.8 Å². The van der Waals surface area contributed by atoms with Gasteiger partial charge in [-0.1, -0.05) is 11.6 Å². The Balaban J connectivity index is 2.67. The van der Waals surface area contributed by atoms with Gasteiger partial charge in [-0.15, -0.1) is 0 Å². The Labute approximate surface area is 121 Å². The van der Waals surface area contributed by atoms with Gasteiger partial charge in [-0.2, -0.15) is 0 Å². The minimum Gasteiger partial charge on any atom is -0.466 e. The molecule has 0 bridgehead atoms. The quantitative estimate of drug-likeness (QED) is 0.531. The lowest BCUT2D eigenvalue weighted by atomic mass is 9.92. The summed E-state index contributed by atoms with van der Waals surface area (Å²) in [4.78, 5) is 23.1. The molecule has 0 spiro atoms. The van der Waals surface area contributed by atoms with Crippen molar-refractivity contribution in [1.82, 2.24) is 0 Å². The van der Waals surface area contributed by atoms with Crippen molar-refractivity contribution in [1.29, 1.82) is 0 Å². The van der Waals surface area contributed by atoms with Gasteiger partial charge in [-0.05, 0) is 47.0 Å². The maximum atomic E-state index is 11.8. The summed E-state index contributed by atoms with van der Waals surface area (Å²) in [6.45, 7) is 9.63. The topological polar surface area (TPSA) is 52.6 Å². The van der Waals surface area contributed by atoms with Crippen molar-refractivity contribution in [3.8, 4) is 0 Å². The lowest BCUT2D eigenvalue weighted by Crippen LogP contribution is -2.35. The first-order valence-corrected chi connectivity index (χ1v) is 7.29. The highest BCUT2D eigenvalue weighted by Gasteiger charge is 2.56. The van der Waals surface area contributed by atoms with Crippen LogP contribution in [0.25, 0.3) is 0 Å². The van der Waals surface area contributed by atoms with Gasteiger partial charge in [0.2, 0.25) is 0 Å². The van der Waals surface area contributed by atoms with Crippen LogP contribution in [0.5, 0.6) is 0 Å². The van der Waals surface area contributed by atoms with Crippen LogP contribution >= 0.6 is 0 Å². The first-order valence-electron chi connectivity index (χ1n) is 7.29. The molecule has 1 saturated carbocycles. The van der Waals surface area contributed by atoms with E-state index in [1.54, 1.807) is 6.92 Å². The van der Waals surface area contributed by atoms with Crippen molar-refractivity contribution in [2.75, 3.05) is 6.61 Å². The van der Waals surface area contributed by atoms with E-state index in [1.807, 2.05) is 20.8 Å². The molecule has 0 N–H and O–H groups in total. The van der Waals surface area contributed by atoms with Crippen molar-refractivity contribution in [2.45, 2.75) is 59.5 Å². The van der Waals surface area contributed by atoms with Crippen LogP contribution in [0.4, 0.5) is 0 Å². The molecular formula is C16H26O4. The largest absolute Gasteiger partial charge is 0.466 e. The summed E-state index contributed by atoms with van der Waals surface area (Å²) in [5, 5.41) is 0. The molecule has 4 heteroatoms. The second kappa shape index (κ2) is 6.91. The van der Waals surface area contributed by atoms with E-state index in [4.69, 9.17) is 9.47 Å². The third kappa shape index (κ3) is 4.66. The second-order valence-corrected chi connectivity index (χ2v) is 5.93. The van der Waals surface area contributed by atoms with E-state index in [9.17, 15) is 9.59 Å². The number of hydrogen-bond donors (Lipinski definition) is 0. The van der Waals surface area contributed by atoms with Gasteiger partial charge in [0.1, 0.15) is 5.60 Å². The highest BCUT2D eigenvalue weighted by Crippen LogP contribution is 2.50. The molecule has 0 amide bonds. The van der Waals surface area contributed by atoms with Crippen molar-refractivity contribution in [3.63, 3.8) is 0 Å². The number of hydrogen-bond acceptors (Lipinski definition) is 4. The van der Waals surface area contributed by atoms with Crippen molar-refractivity contribution in [3.05, 3.63) is 11.6 Å². The van der Waals surface area contributed by atoms with Gasteiger partial charge in [0.25, 0.3) is 0 Å². The number of esters is 2. The Morgan fingerprint density at radius 2 is 1.95 bits per heavy atom. The molecule has 1 aliphatic rings. The summed E-state index contributed by atoms with van der Waals surface area (Å²) in [5.41, 5.74) is 0.669. The van der Waals surface area contributed by atoms with E-state index in [0.29, 0.717) is 6.61 Å². The Kier molecular flexibility index (Phi) is 5.78. The van der Waals surface area contributed by atoms with Gasteiger partial charge in [-0.3, -0.25) is 9.59 Å². The molecule has 0 aromatic carbocycles. The molecule has 3 unspecified atom stereocenters. The molecule has 114 valence electrons. The molecule has 1 rings (SSSR count). The number of carbonyl (C=O) groups excluding carboxylic acids is 2. The molecule has 1 fully saturated rings. The zero-order chi connectivity index (χ0) is 15.3.